The maximum Gasteiger partial charge on any atom is 0.243 e. The van der Waals surface area contributed by atoms with Gasteiger partial charge in [0.25, 0.3) is 0 Å². The highest BCUT2D eigenvalue weighted by Crippen LogP contribution is 2.30. The number of hydrogen-bond acceptors (Lipinski definition) is 5. The maximum absolute atomic E-state index is 13.5. The molecule has 0 aliphatic carbocycles. The summed E-state index contributed by atoms with van der Waals surface area (Å²) in [5, 5.41) is 2.71. The summed E-state index contributed by atoms with van der Waals surface area (Å²) in [6, 6.07) is 5.89. The van der Waals surface area contributed by atoms with Crippen molar-refractivity contribution >= 4 is 26.5 Å². The number of hydrogen-bond donors (Lipinski definition) is 0. The minimum atomic E-state index is -3.59. The second-order valence-electron chi connectivity index (χ2n) is 8.53. The topological polar surface area (TPSA) is 53.5 Å². The number of halogens is 2. The molecular weight excluding hydrogens is 464 g/mol. The zero-order valence-electron chi connectivity index (χ0n) is 19.2. The van der Waals surface area contributed by atoms with Crippen molar-refractivity contribution in [1.29, 1.82) is 0 Å². The molecular formula is C24H27F2N3O2S2. The summed E-state index contributed by atoms with van der Waals surface area (Å²) in [6.07, 6.45) is 0.410. The van der Waals surface area contributed by atoms with Crippen molar-refractivity contribution in [2.24, 2.45) is 0 Å². The number of aromatic nitrogens is 1. The fourth-order valence-electron chi connectivity index (χ4n) is 4.20. The molecule has 33 heavy (non-hydrogen) atoms. The van der Waals surface area contributed by atoms with Gasteiger partial charge < -0.3 is 4.90 Å². The van der Waals surface area contributed by atoms with Crippen LogP contribution in [0, 0.1) is 39.3 Å². The van der Waals surface area contributed by atoms with Crippen molar-refractivity contribution in [2.75, 3.05) is 31.1 Å². The SMILES string of the molecule is Cc1cc(C)c(C)c(S(=O)(=O)N2CCN(c3nc(Cc4ccc(F)c(F)c4)cs3)CC2)c1C. The van der Waals surface area contributed by atoms with Crippen LogP contribution in [0.2, 0.25) is 0 Å². The van der Waals surface area contributed by atoms with Crippen molar-refractivity contribution in [3.8, 4) is 0 Å². The third kappa shape index (κ3) is 4.67. The van der Waals surface area contributed by atoms with Crippen LogP contribution in [0.25, 0.3) is 0 Å². The van der Waals surface area contributed by atoms with Crippen molar-refractivity contribution < 1.29 is 17.2 Å². The first kappa shape index (κ1) is 23.8. The molecule has 1 saturated heterocycles. The van der Waals surface area contributed by atoms with Gasteiger partial charge in [-0.25, -0.2) is 22.2 Å². The van der Waals surface area contributed by atoms with Gasteiger partial charge >= 0.3 is 0 Å². The molecule has 0 atom stereocenters. The van der Waals surface area contributed by atoms with Crippen molar-refractivity contribution in [2.45, 2.75) is 39.0 Å². The van der Waals surface area contributed by atoms with Crippen LogP contribution in [0.1, 0.15) is 33.5 Å². The first-order valence-electron chi connectivity index (χ1n) is 10.8. The Balaban J connectivity index is 1.46. The third-order valence-corrected chi connectivity index (χ3v) is 9.44. The lowest BCUT2D eigenvalue weighted by molar-refractivity contribution is 0.384. The number of benzene rings is 2. The Hall–Kier alpha value is -2.36. The van der Waals surface area contributed by atoms with E-state index in [2.05, 4.69) is 9.88 Å². The van der Waals surface area contributed by atoms with Crippen LogP contribution in [-0.2, 0) is 16.4 Å². The van der Waals surface area contributed by atoms with Gasteiger partial charge in [0.15, 0.2) is 16.8 Å². The van der Waals surface area contributed by atoms with E-state index in [0.29, 0.717) is 43.1 Å². The Kier molecular flexibility index (Phi) is 6.57. The average molecular weight is 492 g/mol. The highest BCUT2D eigenvalue weighted by molar-refractivity contribution is 7.89. The minimum absolute atomic E-state index is 0.381. The molecule has 0 bridgehead atoms. The monoisotopic (exact) mass is 491 g/mol. The molecule has 0 N–H and O–H groups in total. The molecule has 3 aromatic rings. The highest BCUT2D eigenvalue weighted by Gasteiger charge is 2.32. The second kappa shape index (κ2) is 9.12. The van der Waals surface area contributed by atoms with Gasteiger partial charge in [-0.15, -0.1) is 11.3 Å². The summed E-state index contributed by atoms with van der Waals surface area (Å²) in [7, 11) is -3.59. The molecule has 0 spiro atoms. The summed E-state index contributed by atoms with van der Waals surface area (Å²) < 4.78 is 55.1. The number of aryl methyl sites for hydroxylation is 2. The second-order valence-corrected chi connectivity index (χ2v) is 11.2. The predicted molar refractivity (Wildman–Crippen MR) is 128 cm³/mol. The molecule has 5 nitrogen and oxygen atoms in total. The Bertz CT molecular complexity index is 1270. The summed E-state index contributed by atoms with van der Waals surface area (Å²) in [5.74, 6) is -1.73. The van der Waals surface area contributed by atoms with Crippen molar-refractivity contribution in [3.05, 3.63) is 74.8 Å². The lowest BCUT2D eigenvalue weighted by Crippen LogP contribution is -2.49. The van der Waals surface area contributed by atoms with E-state index in [1.54, 1.807) is 10.4 Å². The van der Waals surface area contributed by atoms with E-state index in [-0.39, 0.29) is 0 Å². The van der Waals surface area contributed by atoms with Crippen molar-refractivity contribution in [3.63, 3.8) is 0 Å². The normalized spacial score (nSPS) is 15.3. The summed E-state index contributed by atoms with van der Waals surface area (Å²) in [4.78, 5) is 7.14. The molecule has 0 unspecified atom stereocenters. The molecule has 176 valence electrons. The fourth-order valence-corrected chi connectivity index (χ4v) is 7.08. The van der Waals surface area contributed by atoms with E-state index in [1.807, 2.05) is 39.1 Å². The molecule has 4 rings (SSSR count). The number of anilines is 1. The molecule has 1 aliphatic rings. The molecule has 2 aromatic carbocycles. The van der Waals surface area contributed by atoms with Crippen LogP contribution in [-0.4, -0.2) is 43.9 Å². The van der Waals surface area contributed by atoms with Gasteiger partial charge in [-0.1, -0.05) is 12.1 Å². The molecule has 9 heteroatoms. The average Bonchev–Trinajstić information content (AvgIpc) is 3.23. The van der Waals surface area contributed by atoms with Gasteiger partial charge in [-0.05, 0) is 67.6 Å². The molecule has 1 fully saturated rings. The molecule has 2 heterocycles. The Morgan fingerprint density at radius 1 is 0.939 bits per heavy atom. The Morgan fingerprint density at radius 3 is 2.18 bits per heavy atom. The van der Waals surface area contributed by atoms with Gasteiger partial charge in [0.2, 0.25) is 10.0 Å². The highest BCUT2D eigenvalue weighted by atomic mass is 32.2. The zero-order chi connectivity index (χ0) is 23.9. The predicted octanol–water partition coefficient (Wildman–Crippen LogP) is 4.76. The molecule has 0 radical (unpaired) electrons. The quantitative estimate of drug-likeness (QED) is 0.517. The van der Waals surface area contributed by atoms with E-state index < -0.39 is 21.7 Å². The van der Waals surface area contributed by atoms with Crippen LogP contribution in [0.5, 0.6) is 0 Å². The van der Waals surface area contributed by atoms with E-state index in [0.717, 1.165) is 39.1 Å². The van der Waals surface area contributed by atoms with Gasteiger partial charge in [0.1, 0.15) is 0 Å². The summed E-state index contributed by atoms with van der Waals surface area (Å²) in [5.41, 5.74) is 5.00. The lowest BCUT2D eigenvalue weighted by Gasteiger charge is -2.34. The zero-order valence-corrected chi connectivity index (χ0v) is 20.8. The Labute approximate surface area is 197 Å². The van der Waals surface area contributed by atoms with Crippen LogP contribution >= 0.6 is 11.3 Å². The van der Waals surface area contributed by atoms with E-state index in [4.69, 9.17) is 0 Å². The third-order valence-electron chi connectivity index (χ3n) is 6.31. The summed E-state index contributed by atoms with van der Waals surface area (Å²) in [6.45, 7) is 9.47. The van der Waals surface area contributed by atoms with Crippen molar-refractivity contribution in [1.82, 2.24) is 9.29 Å². The van der Waals surface area contributed by atoms with Gasteiger partial charge in [0, 0.05) is 38.0 Å². The van der Waals surface area contributed by atoms with Crippen LogP contribution in [0.4, 0.5) is 13.9 Å². The fraction of sp³-hybridized carbons (Fsp3) is 0.375. The number of sulfonamides is 1. The molecule has 0 amide bonds. The number of nitrogens with zero attached hydrogens (tertiary/aromatic N) is 3. The first-order chi connectivity index (χ1) is 15.6. The molecule has 0 saturated carbocycles. The number of thiazole rings is 1. The molecule has 1 aromatic heterocycles. The lowest BCUT2D eigenvalue weighted by atomic mass is 10.0. The molecule has 1 aliphatic heterocycles. The van der Waals surface area contributed by atoms with Gasteiger partial charge in [0.05, 0.1) is 10.6 Å². The Morgan fingerprint density at radius 2 is 1.58 bits per heavy atom. The van der Waals surface area contributed by atoms with E-state index >= 15 is 0 Å². The number of rotatable bonds is 5. The minimum Gasteiger partial charge on any atom is -0.345 e. The van der Waals surface area contributed by atoms with E-state index in [1.165, 1.54) is 17.4 Å². The number of piperazine rings is 1. The smallest absolute Gasteiger partial charge is 0.243 e. The van der Waals surface area contributed by atoms with Gasteiger partial charge in [-0.2, -0.15) is 4.31 Å². The summed E-state index contributed by atoms with van der Waals surface area (Å²) >= 11 is 1.48. The van der Waals surface area contributed by atoms with E-state index in [9.17, 15) is 17.2 Å². The standard InChI is InChI=1S/C24H27F2N3O2S2/c1-15-11-16(2)18(4)23(17(15)3)33(30,31)29-9-7-28(8-10-29)24-27-20(14-32-24)12-19-5-6-21(25)22(26)13-19/h5-6,11,13-14H,7-10,12H2,1-4H3. The van der Waals surface area contributed by atoms with Crippen LogP contribution in [0.3, 0.4) is 0 Å². The van der Waals surface area contributed by atoms with Crippen LogP contribution in [0.15, 0.2) is 34.5 Å². The van der Waals surface area contributed by atoms with Gasteiger partial charge in [-0.3, -0.25) is 0 Å². The first-order valence-corrected chi connectivity index (χ1v) is 13.1. The largest absolute Gasteiger partial charge is 0.345 e. The maximum atomic E-state index is 13.5. The van der Waals surface area contributed by atoms with Crippen LogP contribution < -0.4 is 4.90 Å².